The molecule has 0 fully saturated rings. The van der Waals surface area contributed by atoms with Crippen molar-refractivity contribution in [2.24, 2.45) is 0 Å². The van der Waals surface area contributed by atoms with Crippen LogP contribution in [0.5, 0.6) is 0 Å². The molecule has 2 aromatic carbocycles. The highest BCUT2D eigenvalue weighted by molar-refractivity contribution is 6.59. The van der Waals surface area contributed by atoms with Crippen LogP contribution in [0.3, 0.4) is 0 Å². The van der Waals surface area contributed by atoms with Gasteiger partial charge in [0.1, 0.15) is 11.4 Å². The quantitative estimate of drug-likeness (QED) is 0.143. The molecule has 10 rings (SSSR count). The van der Waals surface area contributed by atoms with E-state index in [2.05, 4.69) is 73.9 Å². The molecule has 2 aromatic heterocycles. The molecule has 0 saturated heterocycles. The third kappa shape index (κ3) is 4.88. The van der Waals surface area contributed by atoms with Gasteiger partial charge in [0.25, 0.3) is 0 Å². The minimum Gasteiger partial charge on any atom is -0.393 e. The molecule has 0 spiro atoms. The summed E-state index contributed by atoms with van der Waals surface area (Å²) >= 11 is 0. The maximum Gasteiger partial charge on any atom is 0.737 e. The molecule has 8 heterocycles. The largest absolute Gasteiger partial charge is 0.737 e. The number of rotatable bonds is 6. The minimum absolute atomic E-state index is 0.633. The fourth-order valence-corrected chi connectivity index (χ4v) is 12.9. The molecule has 12 heteroatoms. The van der Waals surface area contributed by atoms with Gasteiger partial charge in [-0.2, -0.15) is 0 Å². The van der Waals surface area contributed by atoms with E-state index >= 15 is 17.3 Å². The average molecular weight is 827 g/mol. The Morgan fingerprint density at radius 3 is 1.26 bits per heavy atom. The normalized spacial score (nSPS) is 19.7. The Morgan fingerprint density at radius 1 is 0.541 bits per heavy atom. The van der Waals surface area contributed by atoms with Gasteiger partial charge in [0.2, 0.25) is 0 Å². The van der Waals surface area contributed by atoms with Crippen LogP contribution in [0.15, 0.2) is 70.1 Å². The maximum atomic E-state index is 17.0. The van der Waals surface area contributed by atoms with Gasteiger partial charge < -0.3 is 45.0 Å². The summed E-state index contributed by atoms with van der Waals surface area (Å²) in [6.07, 6.45) is 2.74. The van der Waals surface area contributed by atoms with E-state index in [1.165, 1.54) is 17.9 Å². The second-order valence-electron chi connectivity index (χ2n) is 18.2. The van der Waals surface area contributed by atoms with Crippen LogP contribution in [0.4, 0.5) is 28.6 Å². The molecule has 0 unspecified atom stereocenters. The van der Waals surface area contributed by atoms with Gasteiger partial charge in [-0.25, -0.2) is 0 Å². The number of fused-ring (bicyclic) bond motifs is 10. The van der Waals surface area contributed by atoms with Crippen LogP contribution < -0.4 is 9.80 Å². The topological polar surface area (TPSA) is 22.4 Å². The third-order valence-electron chi connectivity index (χ3n) is 15.5. The van der Waals surface area contributed by atoms with Crippen LogP contribution in [0.1, 0.15) is 136 Å². The molecular formula is C49H56B2F4N6. The summed E-state index contributed by atoms with van der Waals surface area (Å²) in [5.74, 6) is 0. The highest BCUT2D eigenvalue weighted by Gasteiger charge is 2.58. The van der Waals surface area contributed by atoms with Gasteiger partial charge in [-0.15, -0.1) is 0 Å². The van der Waals surface area contributed by atoms with Crippen LogP contribution in [0.25, 0.3) is 11.1 Å². The van der Waals surface area contributed by atoms with Crippen molar-refractivity contribution in [3.05, 3.63) is 137 Å². The van der Waals surface area contributed by atoms with Gasteiger partial charge in [0.05, 0.1) is 17.8 Å². The predicted molar refractivity (Wildman–Crippen MR) is 243 cm³/mol. The van der Waals surface area contributed by atoms with E-state index in [1.807, 2.05) is 55.4 Å². The van der Waals surface area contributed by atoms with Crippen LogP contribution >= 0.6 is 0 Å². The lowest BCUT2D eigenvalue weighted by atomic mass is 9.82. The van der Waals surface area contributed by atoms with Crippen molar-refractivity contribution in [3.8, 4) is 0 Å². The summed E-state index contributed by atoms with van der Waals surface area (Å²) in [5, 5.41) is 0. The molecule has 4 aromatic rings. The Balaban J connectivity index is 1.10. The SMILES string of the molecule is CCC1=C(C)C2=C(c3ccc4c(c3)CN3CN4Cc4cc(C5=C6C(C)=C(CC)C(C)=[N+]6[B-](F)(F)n6c(C)c(CC)c(C)c65)ccc43)c3c(C)c(CC)c(C)n3[B-](F)(F)[N+]2=C1C. The molecule has 61 heavy (non-hydrogen) atoms. The molecule has 0 atom stereocenters. The zero-order valence-corrected chi connectivity index (χ0v) is 37.8. The van der Waals surface area contributed by atoms with Crippen LogP contribution in [0.2, 0.25) is 0 Å². The van der Waals surface area contributed by atoms with Crippen molar-refractivity contribution in [2.75, 3.05) is 16.5 Å². The second-order valence-corrected chi connectivity index (χ2v) is 18.2. The van der Waals surface area contributed by atoms with Crippen LogP contribution in [-0.4, -0.2) is 50.0 Å². The summed E-state index contributed by atoms with van der Waals surface area (Å²) in [4.78, 5) is 4.78. The van der Waals surface area contributed by atoms with Gasteiger partial charge in [0.15, 0.2) is 11.4 Å². The molecule has 0 N–H and O–H groups in total. The molecule has 6 nitrogen and oxygen atoms in total. The van der Waals surface area contributed by atoms with E-state index in [0.29, 0.717) is 84.4 Å². The third-order valence-corrected chi connectivity index (χ3v) is 15.5. The molecule has 0 radical (unpaired) electrons. The van der Waals surface area contributed by atoms with Crippen molar-refractivity contribution in [3.63, 3.8) is 0 Å². The van der Waals surface area contributed by atoms with Gasteiger partial charge in [0, 0.05) is 72.0 Å². The second kappa shape index (κ2) is 13.1. The van der Waals surface area contributed by atoms with E-state index < -0.39 is 13.9 Å². The minimum atomic E-state index is -4.11. The predicted octanol–water partition coefficient (Wildman–Crippen LogP) is 11.4. The number of anilines is 2. The van der Waals surface area contributed by atoms with E-state index in [1.54, 1.807) is 0 Å². The monoisotopic (exact) mass is 826 g/mol. The van der Waals surface area contributed by atoms with Crippen molar-refractivity contribution < 1.29 is 26.2 Å². The first-order valence-electron chi connectivity index (χ1n) is 22.3. The molecule has 2 bridgehead atoms. The van der Waals surface area contributed by atoms with Crippen LogP contribution in [0, 0.1) is 27.7 Å². The number of hydrogen-bond acceptors (Lipinski definition) is 2. The first-order chi connectivity index (χ1) is 29.0. The number of aromatic nitrogens is 2. The lowest BCUT2D eigenvalue weighted by Gasteiger charge is -2.45. The lowest BCUT2D eigenvalue weighted by Crippen LogP contribution is -2.51. The standard InChI is InChI=1S/C49H56B2F4N6/c1-13-38-26(5)46-44(47-27(6)39(14-2)31(10)59(47)50(52,53)58(46)30(38)9)34-17-19-42-36(21-34)23-56-25-57(42)24-37-22-35(18-20-43(37)56)45-48-28(7)40(15-3)32(11)60(48)51(54,55)61-33(12)41(16-4)29(8)49(45)61/h17-22H,13-16,23-25H2,1-12H3. The average Bonchev–Trinajstić information content (AvgIpc) is 3.84. The Morgan fingerprint density at radius 2 is 0.918 bits per heavy atom. The Bertz CT molecular complexity index is 2730. The number of benzene rings is 2. The summed E-state index contributed by atoms with van der Waals surface area (Å²) in [6.45, 7) is 17.5. The van der Waals surface area contributed by atoms with Gasteiger partial charge in [-0.3, -0.25) is 0 Å². The number of halogens is 4. The zero-order valence-electron chi connectivity index (χ0n) is 37.8. The fraction of sp³-hybridized carbons (Fsp3) is 0.388. The lowest BCUT2D eigenvalue weighted by molar-refractivity contribution is -0.364. The number of hydrogen-bond donors (Lipinski definition) is 0. The molecule has 6 aliphatic heterocycles. The summed E-state index contributed by atoms with van der Waals surface area (Å²) in [6, 6.07) is 13.1. The number of allylic oxidation sites excluding steroid dienone is 4. The van der Waals surface area contributed by atoms with Crippen LogP contribution in [-0.2, 0) is 25.9 Å². The molecular weight excluding hydrogens is 770 g/mol. The Hall–Kier alpha value is -5.25. The molecule has 316 valence electrons. The molecule has 0 amide bonds. The van der Waals surface area contributed by atoms with Gasteiger partial charge in [-0.1, -0.05) is 39.8 Å². The first-order valence-corrected chi connectivity index (χ1v) is 22.3. The highest BCUT2D eigenvalue weighted by atomic mass is 19.3. The smallest absolute Gasteiger partial charge is 0.393 e. The highest BCUT2D eigenvalue weighted by Crippen LogP contribution is 2.51. The van der Waals surface area contributed by atoms with Gasteiger partial charge >= 0.3 is 13.9 Å². The van der Waals surface area contributed by atoms with Crippen molar-refractivity contribution >= 4 is 47.9 Å². The zero-order chi connectivity index (χ0) is 43.5. The van der Waals surface area contributed by atoms with Crippen molar-refractivity contribution in [1.29, 1.82) is 0 Å². The van der Waals surface area contributed by atoms with Gasteiger partial charge in [-0.05, 0) is 147 Å². The molecule has 6 aliphatic rings. The summed E-state index contributed by atoms with van der Waals surface area (Å²) in [5.41, 5.74) is 21.0. The van der Waals surface area contributed by atoms with E-state index in [9.17, 15) is 0 Å². The Labute approximate surface area is 357 Å². The molecule has 0 saturated carbocycles. The first kappa shape index (κ1) is 39.9. The van der Waals surface area contributed by atoms with E-state index in [-0.39, 0.29) is 0 Å². The van der Waals surface area contributed by atoms with E-state index in [4.69, 9.17) is 0 Å². The van der Waals surface area contributed by atoms with E-state index in [0.717, 1.165) is 96.0 Å². The summed E-state index contributed by atoms with van der Waals surface area (Å²) < 4.78 is 73.4. The Kier molecular flexibility index (Phi) is 8.58. The number of nitrogens with zero attached hydrogens (tertiary/aromatic N) is 6. The summed E-state index contributed by atoms with van der Waals surface area (Å²) in [7, 11) is 0. The fourth-order valence-electron chi connectivity index (χ4n) is 12.9. The van der Waals surface area contributed by atoms with Crippen molar-refractivity contribution in [1.82, 2.24) is 8.96 Å². The maximum absolute atomic E-state index is 17.0. The molecule has 0 aliphatic carbocycles. The van der Waals surface area contributed by atoms with Crippen molar-refractivity contribution in [2.45, 2.75) is 122 Å².